The molecule has 7 heteroatoms. The molecule has 3 heterocycles. The van der Waals surface area contributed by atoms with Gasteiger partial charge in [0.15, 0.2) is 0 Å². The number of carbonyl (C=O) groups excluding carboxylic acids is 1. The second kappa shape index (κ2) is 8.23. The Morgan fingerprint density at radius 2 is 2.00 bits per heavy atom. The number of carbonyl (C=O) groups is 1. The number of hydrogen-bond donors (Lipinski definition) is 0. The van der Waals surface area contributed by atoms with Crippen LogP contribution in [0.15, 0.2) is 29.6 Å². The van der Waals surface area contributed by atoms with E-state index in [2.05, 4.69) is 32.3 Å². The van der Waals surface area contributed by atoms with Gasteiger partial charge in [-0.25, -0.2) is 4.98 Å². The van der Waals surface area contributed by atoms with Crippen LogP contribution in [0.2, 0.25) is 0 Å². The van der Waals surface area contributed by atoms with E-state index in [1.807, 2.05) is 37.1 Å². The summed E-state index contributed by atoms with van der Waals surface area (Å²) in [6.45, 7) is 7.01. The fourth-order valence-electron chi connectivity index (χ4n) is 4.59. The van der Waals surface area contributed by atoms with Gasteiger partial charge in [-0.1, -0.05) is 12.1 Å². The van der Waals surface area contributed by atoms with Crippen LogP contribution in [0.5, 0.6) is 0 Å². The number of piperidine rings is 1. The predicted octanol–water partition coefficient (Wildman–Crippen LogP) is 2.63. The van der Waals surface area contributed by atoms with Crippen LogP contribution < -0.4 is 0 Å². The molecule has 1 aromatic heterocycles. The Balaban J connectivity index is 1.47. The molecule has 0 saturated carbocycles. The first-order valence-corrected chi connectivity index (χ1v) is 11.0. The van der Waals surface area contributed by atoms with Gasteiger partial charge >= 0.3 is 0 Å². The molecule has 0 unspecified atom stereocenters. The van der Waals surface area contributed by atoms with Crippen molar-refractivity contribution >= 4 is 17.2 Å². The number of likely N-dealkylation sites (tertiary alicyclic amines) is 1. The van der Waals surface area contributed by atoms with E-state index < -0.39 is 5.54 Å². The topological polar surface area (TPSA) is 63.5 Å². The maximum absolute atomic E-state index is 13.3. The highest BCUT2D eigenvalue weighted by Gasteiger charge is 2.49. The molecule has 2 saturated heterocycles. The van der Waals surface area contributed by atoms with E-state index in [1.165, 1.54) is 0 Å². The summed E-state index contributed by atoms with van der Waals surface area (Å²) in [5.41, 5.74) is 2.50. The van der Waals surface area contributed by atoms with Crippen LogP contribution in [0.1, 0.15) is 34.7 Å². The Hall–Kier alpha value is -2.27. The number of hydrogen-bond acceptors (Lipinski definition) is 6. The van der Waals surface area contributed by atoms with Gasteiger partial charge in [0.25, 0.3) is 0 Å². The van der Waals surface area contributed by atoms with Crippen molar-refractivity contribution in [2.24, 2.45) is 0 Å². The largest absolute Gasteiger partial charge is 0.343 e. The highest BCUT2D eigenvalue weighted by atomic mass is 32.1. The molecule has 152 valence electrons. The Morgan fingerprint density at radius 1 is 1.21 bits per heavy atom. The average molecular weight is 410 g/mol. The van der Waals surface area contributed by atoms with Crippen LogP contribution in [-0.2, 0) is 17.9 Å². The molecular formula is C22H27N5OS. The maximum atomic E-state index is 13.3. The number of benzene rings is 1. The third-order valence-electron chi connectivity index (χ3n) is 6.22. The van der Waals surface area contributed by atoms with Crippen LogP contribution in [0.3, 0.4) is 0 Å². The van der Waals surface area contributed by atoms with E-state index in [-0.39, 0.29) is 5.91 Å². The van der Waals surface area contributed by atoms with Crippen molar-refractivity contribution in [1.29, 1.82) is 5.26 Å². The fourth-order valence-corrected chi connectivity index (χ4v) is 5.20. The molecule has 0 bridgehead atoms. The van der Waals surface area contributed by atoms with Crippen molar-refractivity contribution in [3.8, 4) is 6.07 Å². The van der Waals surface area contributed by atoms with E-state index in [4.69, 9.17) is 5.26 Å². The van der Waals surface area contributed by atoms with Gasteiger partial charge in [-0.15, -0.1) is 11.3 Å². The zero-order valence-electron chi connectivity index (χ0n) is 17.1. The summed E-state index contributed by atoms with van der Waals surface area (Å²) >= 11 is 1.67. The molecule has 2 fully saturated rings. The lowest BCUT2D eigenvalue weighted by atomic mass is 9.82. The highest BCUT2D eigenvalue weighted by Crippen LogP contribution is 2.35. The summed E-state index contributed by atoms with van der Waals surface area (Å²) in [5.74, 6) is 0.252. The molecule has 29 heavy (non-hydrogen) atoms. The molecule has 1 spiro atoms. The Bertz CT molecular complexity index is 925. The number of aryl methyl sites for hydroxylation is 1. The van der Waals surface area contributed by atoms with Crippen molar-refractivity contribution in [3.05, 3.63) is 51.5 Å². The lowest BCUT2D eigenvalue weighted by Gasteiger charge is -2.52. The molecule has 2 aliphatic heterocycles. The molecule has 1 amide bonds. The van der Waals surface area contributed by atoms with Crippen LogP contribution in [0.25, 0.3) is 0 Å². The van der Waals surface area contributed by atoms with Gasteiger partial charge in [0.1, 0.15) is 5.54 Å². The number of rotatable bonds is 4. The molecule has 0 N–H and O–H groups in total. The third-order valence-corrected chi connectivity index (χ3v) is 7.04. The summed E-state index contributed by atoms with van der Waals surface area (Å²) in [4.78, 5) is 24.6. The van der Waals surface area contributed by atoms with Crippen molar-refractivity contribution in [3.63, 3.8) is 0 Å². The molecule has 0 radical (unpaired) electrons. The van der Waals surface area contributed by atoms with Crippen molar-refractivity contribution in [1.82, 2.24) is 19.7 Å². The molecule has 1 aromatic carbocycles. The monoisotopic (exact) mass is 409 g/mol. The fraction of sp³-hybridized carbons (Fsp3) is 0.500. The van der Waals surface area contributed by atoms with Gasteiger partial charge in [0, 0.05) is 51.7 Å². The minimum atomic E-state index is -0.421. The van der Waals surface area contributed by atoms with Gasteiger partial charge in [-0.2, -0.15) is 5.26 Å². The molecule has 4 rings (SSSR count). The smallest absolute Gasteiger partial charge is 0.242 e. The van der Waals surface area contributed by atoms with E-state index in [9.17, 15) is 4.79 Å². The lowest BCUT2D eigenvalue weighted by molar-refractivity contribution is -0.155. The van der Waals surface area contributed by atoms with Crippen LogP contribution in [-0.4, -0.2) is 64.4 Å². The van der Waals surface area contributed by atoms with Gasteiger partial charge < -0.3 is 4.90 Å². The summed E-state index contributed by atoms with van der Waals surface area (Å²) in [7, 11) is 1.92. The number of aromatic nitrogens is 1. The number of piperazine rings is 1. The molecule has 0 atom stereocenters. The third kappa shape index (κ3) is 4.06. The maximum Gasteiger partial charge on any atom is 0.242 e. The van der Waals surface area contributed by atoms with Crippen LogP contribution >= 0.6 is 11.3 Å². The first kappa shape index (κ1) is 20.0. The van der Waals surface area contributed by atoms with E-state index >= 15 is 0 Å². The minimum absolute atomic E-state index is 0.252. The average Bonchev–Trinajstić information content (AvgIpc) is 3.15. The number of nitrogens with zero attached hydrogens (tertiary/aromatic N) is 5. The molecular weight excluding hydrogens is 382 g/mol. The predicted molar refractivity (Wildman–Crippen MR) is 113 cm³/mol. The van der Waals surface area contributed by atoms with Gasteiger partial charge in [-0.05, 0) is 37.5 Å². The Labute approximate surface area is 176 Å². The number of thiazole rings is 1. The number of amides is 1. The SMILES string of the molecule is Cc1nc(CN2CCN(C)C(=O)C23CCN(Cc2cccc(C#N)c2)CC3)cs1. The summed E-state index contributed by atoms with van der Waals surface area (Å²) < 4.78 is 0. The van der Waals surface area contributed by atoms with E-state index in [0.29, 0.717) is 5.56 Å². The standard InChI is InChI=1S/C22H27N5OS/c1-17-24-20(16-29-17)15-27-11-10-25(2)21(28)22(27)6-8-26(9-7-22)14-19-5-3-4-18(12-19)13-23/h3-5,12,16H,6-11,14-15H2,1-2H3. The molecule has 2 aliphatic rings. The molecule has 0 aliphatic carbocycles. The second-order valence-electron chi connectivity index (χ2n) is 8.13. The van der Waals surface area contributed by atoms with Crippen molar-refractivity contribution in [2.75, 3.05) is 33.2 Å². The Morgan fingerprint density at radius 3 is 2.69 bits per heavy atom. The Kier molecular flexibility index (Phi) is 5.68. The lowest BCUT2D eigenvalue weighted by Crippen LogP contribution is -2.67. The second-order valence-corrected chi connectivity index (χ2v) is 9.19. The molecule has 6 nitrogen and oxygen atoms in total. The number of likely N-dealkylation sites (N-methyl/N-ethyl adjacent to an activating group) is 1. The number of nitriles is 1. The van der Waals surface area contributed by atoms with E-state index in [0.717, 1.165) is 68.4 Å². The summed E-state index contributed by atoms with van der Waals surface area (Å²) in [5, 5.41) is 12.3. The van der Waals surface area contributed by atoms with Crippen LogP contribution in [0, 0.1) is 18.3 Å². The zero-order chi connectivity index (χ0) is 20.4. The quantitative estimate of drug-likeness (QED) is 0.777. The summed E-state index contributed by atoms with van der Waals surface area (Å²) in [6, 6.07) is 10.0. The van der Waals surface area contributed by atoms with E-state index in [1.54, 1.807) is 11.3 Å². The van der Waals surface area contributed by atoms with Crippen molar-refractivity contribution < 1.29 is 4.79 Å². The van der Waals surface area contributed by atoms with Gasteiger partial charge in [0.2, 0.25) is 5.91 Å². The van der Waals surface area contributed by atoms with Gasteiger partial charge in [-0.3, -0.25) is 14.6 Å². The van der Waals surface area contributed by atoms with Crippen molar-refractivity contribution in [2.45, 2.75) is 38.4 Å². The molecule has 2 aromatic rings. The minimum Gasteiger partial charge on any atom is -0.343 e. The first-order chi connectivity index (χ1) is 14.0. The zero-order valence-corrected chi connectivity index (χ0v) is 17.9. The normalized spacial score (nSPS) is 20.2. The highest BCUT2D eigenvalue weighted by molar-refractivity contribution is 7.09. The van der Waals surface area contributed by atoms with Crippen LogP contribution in [0.4, 0.5) is 0 Å². The van der Waals surface area contributed by atoms with Gasteiger partial charge in [0.05, 0.1) is 22.3 Å². The first-order valence-electron chi connectivity index (χ1n) is 10.1. The summed E-state index contributed by atoms with van der Waals surface area (Å²) in [6.07, 6.45) is 1.66.